The van der Waals surface area contributed by atoms with Crippen molar-refractivity contribution in [3.63, 3.8) is 0 Å². The van der Waals surface area contributed by atoms with E-state index in [1.54, 1.807) is 32.9 Å². The first-order valence-corrected chi connectivity index (χ1v) is 6.58. The van der Waals surface area contributed by atoms with Gasteiger partial charge in [0.2, 0.25) is 5.96 Å². The van der Waals surface area contributed by atoms with Crippen molar-refractivity contribution in [2.24, 2.45) is 27.2 Å². The molecule has 1 aliphatic rings. The van der Waals surface area contributed by atoms with Crippen LogP contribution in [0.5, 0.6) is 0 Å². The monoisotopic (exact) mass is 302 g/mol. The lowest BCUT2D eigenvalue weighted by Gasteiger charge is -2.29. The average molecular weight is 302 g/mol. The van der Waals surface area contributed by atoms with Crippen LogP contribution in [0.2, 0.25) is 0 Å². The van der Waals surface area contributed by atoms with Crippen LogP contribution < -0.4 is 17.2 Å². The molecule has 2 amide bonds. The first kappa shape index (κ1) is 15.5. The number of fused-ring (bicyclic) bond motifs is 1. The van der Waals surface area contributed by atoms with Crippen molar-refractivity contribution in [1.82, 2.24) is 4.90 Å². The molecule has 8 nitrogen and oxygen atoms in total. The third-order valence-corrected chi connectivity index (χ3v) is 3.03. The van der Waals surface area contributed by atoms with E-state index >= 15 is 0 Å². The molecule has 116 valence electrons. The van der Waals surface area contributed by atoms with Crippen LogP contribution in [-0.4, -0.2) is 34.2 Å². The van der Waals surface area contributed by atoms with E-state index in [2.05, 4.69) is 9.98 Å². The van der Waals surface area contributed by atoms with Crippen molar-refractivity contribution in [3.05, 3.63) is 29.3 Å². The summed E-state index contributed by atoms with van der Waals surface area (Å²) in [4.78, 5) is 33.6. The maximum atomic E-state index is 12.4. The Balaban J connectivity index is 2.44. The molecule has 0 spiro atoms. The zero-order valence-electron chi connectivity index (χ0n) is 12.6. The van der Waals surface area contributed by atoms with Crippen molar-refractivity contribution < 1.29 is 9.59 Å². The van der Waals surface area contributed by atoms with Crippen LogP contribution in [0, 0.1) is 0 Å². The summed E-state index contributed by atoms with van der Waals surface area (Å²) in [5.41, 5.74) is 16.4. The lowest BCUT2D eigenvalue weighted by atomic mass is 10.1. The third kappa shape index (κ3) is 2.76. The summed E-state index contributed by atoms with van der Waals surface area (Å²) in [6.07, 6.45) is 0. The largest absolute Gasteiger partial charge is 0.370 e. The van der Waals surface area contributed by atoms with Gasteiger partial charge in [0.15, 0.2) is 5.96 Å². The number of carbonyl (C=O) groups excluding carboxylic acids is 2. The van der Waals surface area contributed by atoms with Gasteiger partial charge in [-0.25, -0.2) is 4.99 Å². The minimum atomic E-state index is -0.603. The Hall–Kier alpha value is -2.90. The van der Waals surface area contributed by atoms with E-state index < -0.39 is 5.54 Å². The van der Waals surface area contributed by atoms with Gasteiger partial charge in [-0.2, -0.15) is 4.99 Å². The number of hydrogen-bond acceptors (Lipinski definition) is 3. The lowest BCUT2D eigenvalue weighted by Crippen LogP contribution is -2.45. The van der Waals surface area contributed by atoms with E-state index in [9.17, 15) is 9.59 Å². The molecular formula is C14H18N6O2. The van der Waals surface area contributed by atoms with Crippen molar-refractivity contribution in [2.45, 2.75) is 26.3 Å². The molecule has 0 saturated heterocycles. The van der Waals surface area contributed by atoms with Crippen molar-refractivity contribution in [3.8, 4) is 0 Å². The quantitative estimate of drug-likeness (QED) is 0.389. The number of rotatable bonds is 1. The number of benzene rings is 1. The number of carbonyl (C=O) groups is 2. The topological polar surface area (TPSA) is 140 Å². The molecule has 1 heterocycles. The minimum absolute atomic E-state index is 0.135. The molecule has 6 N–H and O–H groups in total. The second kappa shape index (κ2) is 5.14. The molecule has 0 aromatic heterocycles. The van der Waals surface area contributed by atoms with E-state index in [1.165, 1.54) is 11.0 Å². The smallest absolute Gasteiger partial charge is 0.262 e. The summed E-state index contributed by atoms with van der Waals surface area (Å²) in [5, 5.41) is 0. The normalized spacial score (nSPS) is 15.0. The van der Waals surface area contributed by atoms with Crippen LogP contribution in [0.3, 0.4) is 0 Å². The summed E-state index contributed by atoms with van der Waals surface area (Å²) in [5.74, 6) is -1.03. The molecule has 8 heteroatoms. The van der Waals surface area contributed by atoms with Crippen LogP contribution in [0.4, 0.5) is 5.69 Å². The molecule has 0 atom stereocenters. The van der Waals surface area contributed by atoms with E-state index in [1.807, 2.05) is 0 Å². The van der Waals surface area contributed by atoms with Gasteiger partial charge in [0, 0.05) is 5.54 Å². The van der Waals surface area contributed by atoms with E-state index in [-0.39, 0.29) is 23.7 Å². The van der Waals surface area contributed by atoms with E-state index in [4.69, 9.17) is 17.2 Å². The Kier molecular flexibility index (Phi) is 3.62. The maximum absolute atomic E-state index is 12.4. The number of hydrogen-bond donors (Lipinski definition) is 3. The second-order valence-electron chi connectivity index (χ2n) is 5.85. The van der Waals surface area contributed by atoms with Gasteiger partial charge in [-0.15, -0.1) is 0 Å². The summed E-state index contributed by atoms with van der Waals surface area (Å²) in [6, 6.07) is 4.62. The molecule has 1 aromatic carbocycles. The summed E-state index contributed by atoms with van der Waals surface area (Å²) < 4.78 is 0. The molecule has 0 fully saturated rings. The number of nitrogens with two attached hydrogens (primary N) is 3. The van der Waals surface area contributed by atoms with Crippen LogP contribution in [-0.2, 0) is 0 Å². The van der Waals surface area contributed by atoms with Gasteiger partial charge in [0.25, 0.3) is 11.8 Å². The number of nitrogens with zero attached hydrogens (tertiary/aromatic N) is 3. The van der Waals surface area contributed by atoms with Gasteiger partial charge in [-0.3, -0.25) is 14.5 Å². The maximum Gasteiger partial charge on any atom is 0.262 e. The van der Waals surface area contributed by atoms with Gasteiger partial charge >= 0.3 is 0 Å². The average Bonchev–Trinajstić information content (AvgIpc) is 2.59. The minimum Gasteiger partial charge on any atom is -0.370 e. The van der Waals surface area contributed by atoms with E-state index in [0.29, 0.717) is 16.8 Å². The van der Waals surface area contributed by atoms with Crippen LogP contribution >= 0.6 is 0 Å². The number of imide groups is 1. The Morgan fingerprint density at radius 1 is 1.05 bits per heavy atom. The molecule has 0 radical (unpaired) electrons. The van der Waals surface area contributed by atoms with Crippen LogP contribution in [0.15, 0.2) is 28.2 Å². The third-order valence-electron chi connectivity index (χ3n) is 3.03. The van der Waals surface area contributed by atoms with Crippen molar-refractivity contribution >= 4 is 29.4 Å². The number of amides is 2. The van der Waals surface area contributed by atoms with Gasteiger partial charge in [0.05, 0.1) is 16.8 Å². The molecule has 22 heavy (non-hydrogen) atoms. The van der Waals surface area contributed by atoms with Crippen LogP contribution in [0.1, 0.15) is 41.5 Å². The highest BCUT2D eigenvalue weighted by atomic mass is 16.2. The lowest BCUT2D eigenvalue weighted by molar-refractivity contribution is 0.0508. The Morgan fingerprint density at radius 2 is 1.64 bits per heavy atom. The fourth-order valence-electron chi connectivity index (χ4n) is 2.20. The molecule has 0 unspecified atom stereocenters. The highest BCUT2D eigenvalue weighted by Gasteiger charge is 2.41. The molecule has 1 aliphatic heterocycles. The van der Waals surface area contributed by atoms with Gasteiger partial charge < -0.3 is 17.2 Å². The second-order valence-corrected chi connectivity index (χ2v) is 5.85. The highest BCUT2D eigenvalue weighted by molar-refractivity contribution is 6.22. The molecule has 0 bridgehead atoms. The van der Waals surface area contributed by atoms with Crippen molar-refractivity contribution in [2.75, 3.05) is 0 Å². The Labute approximate surface area is 127 Å². The number of aliphatic imine (C=N–C) groups is 2. The summed E-state index contributed by atoms with van der Waals surface area (Å²) in [7, 11) is 0. The van der Waals surface area contributed by atoms with Crippen molar-refractivity contribution in [1.29, 1.82) is 0 Å². The fourth-order valence-corrected chi connectivity index (χ4v) is 2.20. The van der Waals surface area contributed by atoms with Crippen LogP contribution in [0.25, 0.3) is 0 Å². The van der Waals surface area contributed by atoms with Gasteiger partial charge in [-0.1, -0.05) is 0 Å². The summed E-state index contributed by atoms with van der Waals surface area (Å²) in [6.45, 7) is 5.39. The van der Waals surface area contributed by atoms with Gasteiger partial charge in [-0.05, 0) is 39.0 Å². The SMILES string of the molecule is CC(C)(C)N1C(=O)c2ccc(N=C(N)N=C(N)N)cc2C1=O. The van der Waals surface area contributed by atoms with Gasteiger partial charge in [0.1, 0.15) is 0 Å². The molecule has 1 aromatic rings. The predicted octanol–water partition coefficient (Wildman–Crippen LogP) is 0.301. The first-order chi connectivity index (χ1) is 10.1. The fraction of sp³-hybridized carbons (Fsp3) is 0.286. The summed E-state index contributed by atoms with van der Waals surface area (Å²) >= 11 is 0. The first-order valence-electron chi connectivity index (χ1n) is 6.58. The molecule has 0 aliphatic carbocycles. The molecular weight excluding hydrogens is 284 g/mol. The molecule has 0 saturated carbocycles. The predicted molar refractivity (Wildman–Crippen MR) is 83.8 cm³/mol. The van der Waals surface area contributed by atoms with E-state index in [0.717, 1.165) is 0 Å². The Morgan fingerprint density at radius 3 is 2.18 bits per heavy atom. The zero-order chi connectivity index (χ0) is 16.7. The highest BCUT2D eigenvalue weighted by Crippen LogP contribution is 2.31. The standard InChI is InChI=1S/C14H18N6O2/c1-14(2,3)20-10(21)8-5-4-7(6-9(8)11(20)22)18-13(17)19-12(15)16/h4-6H,1-3H3,(H6,15,16,17,18,19). The molecule has 2 rings (SSSR count). The Bertz CT molecular complexity index is 711. The number of guanidine groups is 2. The zero-order valence-corrected chi connectivity index (χ0v) is 12.6.